The van der Waals surface area contributed by atoms with E-state index < -0.39 is 30.2 Å². The molecule has 1 unspecified atom stereocenters. The van der Waals surface area contributed by atoms with Crippen LogP contribution in [0.15, 0.2) is 48.5 Å². The minimum atomic E-state index is -1.41. The van der Waals surface area contributed by atoms with Crippen LogP contribution < -0.4 is 5.32 Å². The Hall–Kier alpha value is -4.00. The van der Waals surface area contributed by atoms with Crippen molar-refractivity contribution in [2.75, 3.05) is 47.4 Å². The molecule has 2 N–H and O–H groups in total. The molecule has 9 nitrogen and oxygen atoms in total. The van der Waals surface area contributed by atoms with Crippen LogP contribution in [0.25, 0.3) is 0 Å². The summed E-state index contributed by atoms with van der Waals surface area (Å²) in [4.78, 5) is 54.8. The van der Waals surface area contributed by atoms with Gasteiger partial charge in [0.2, 0.25) is 11.8 Å². The third kappa shape index (κ3) is 6.24. The highest BCUT2D eigenvalue weighted by Gasteiger charge is 2.46. The summed E-state index contributed by atoms with van der Waals surface area (Å²) in [7, 11) is 4.62. The Morgan fingerprint density at radius 2 is 1.52 bits per heavy atom. The van der Waals surface area contributed by atoms with E-state index in [0.29, 0.717) is 17.0 Å². The fraction of sp³-hybridized carbons (Fsp3) is 0.419. The summed E-state index contributed by atoms with van der Waals surface area (Å²) in [6.07, 6.45) is 2.83. The average Bonchev–Trinajstić information content (AvgIpc) is 3.26. The molecule has 2 heterocycles. The number of nitrogens with zero attached hydrogens (tertiary/aromatic N) is 3. The van der Waals surface area contributed by atoms with Gasteiger partial charge in [0.15, 0.2) is 11.8 Å². The van der Waals surface area contributed by atoms with E-state index in [9.17, 15) is 24.3 Å². The molecule has 2 aliphatic rings. The number of carbonyl (C=O) groups excluding carboxylic acids is 4. The molecule has 0 radical (unpaired) electrons. The molecule has 40 heavy (non-hydrogen) atoms. The fourth-order valence-corrected chi connectivity index (χ4v) is 5.47. The zero-order valence-electron chi connectivity index (χ0n) is 23.3. The minimum Gasteiger partial charge on any atom is -0.388 e. The molecule has 3 amide bonds. The van der Waals surface area contributed by atoms with Gasteiger partial charge in [-0.05, 0) is 74.3 Å². The summed E-state index contributed by atoms with van der Waals surface area (Å²) in [6, 6.07) is 13.3. The van der Waals surface area contributed by atoms with Crippen LogP contribution in [0.2, 0.25) is 0 Å². The number of rotatable bonds is 7. The molecule has 2 aromatic rings. The number of ketones is 1. The molecule has 4 rings (SSSR count). The van der Waals surface area contributed by atoms with Crippen LogP contribution in [-0.4, -0.2) is 96.7 Å². The first kappa shape index (κ1) is 29.0. The molecule has 0 saturated carbocycles. The lowest BCUT2D eigenvalue weighted by Crippen LogP contribution is -2.52. The first-order valence-corrected chi connectivity index (χ1v) is 13.5. The van der Waals surface area contributed by atoms with Crippen molar-refractivity contribution in [1.82, 2.24) is 20.0 Å². The van der Waals surface area contributed by atoms with Gasteiger partial charge in [0, 0.05) is 50.9 Å². The van der Waals surface area contributed by atoms with Crippen molar-refractivity contribution in [1.29, 1.82) is 0 Å². The largest absolute Gasteiger partial charge is 0.388 e. The number of benzene rings is 2. The van der Waals surface area contributed by atoms with Gasteiger partial charge in [0.1, 0.15) is 6.61 Å². The van der Waals surface area contributed by atoms with Crippen LogP contribution in [0.5, 0.6) is 0 Å². The lowest BCUT2D eigenvalue weighted by Gasteiger charge is -2.37. The van der Waals surface area contributed by atoms with Crippen molar-refractivity contribution in [3.8, 4) is 11.8 Å². The first-order chi connectivity index (χ1) is 19.2. The number of likely N-dealkylation sites (N-methyl/N-ethyl adjacent to an activating group) is 2. The van der Waals surface area contributed by atoms with E-state index >= 15 is 0 Å². The third-order valence-electron chi connectivity index (χ3n) is 8.05. The summed E-state index contributed by atoms with van der Waals surface area (Å²) >= 11 is 0. The normalized spacial score (nSPS) is 17.2. The predicted molar refractivity (Wildman–Crippen MR) is 150 cm³/mol. The number of piperidine rings is 1. The highest BCUT2D eigenvalue weighted by molar-refractivity contribution is 6.10. The number of Topliss-reactive ketones (excluding diaryl/α,β-unsaturated/α-hetero) is 1. The van der Waals surface area contributed by atoms with Crippen molar-refractivity contribution < 1.29 is 24.3 Å². The Labute approximate surface area is 235 Å². The Morgan fingerprint density at radius 3 is 2.02 bits per heavy atom. The second-order valence-electron chi connectivity index (χ2n) is 10.6. The van der Waals surface area contributed by atoms with E-state index in [0.717, 1.165) is 55.9 Å². The SMILES string of the molecule is CNC(=O)C(C(=O)CO)N(C)C(=O)c1ccc(C#Cc2ccc(CN3CCC4(CC3)CCN(C)C4=O)cc2)cc1. The van der Waals surface area contributed by atoms with Gasteiger partial charge >= 0.3 is 0 Å². The molecule has 0 bridgehead atoms. The highest BCUT2D eigenvalue weighted by atomic mass is 16.3. The van der Waals surface area contributed by atoms with Crippen molar-refractivity contribution >= 4 is 23.5 Å². The number of nitrogens with one attached hydrogen (secondary N) is 1. The molecule has 210 valence electrons. The summed E-state index contributed by atoms with van der Waals surface area (Å²) in [5, 5.41) is 11.5. The van der Waals surface area contributed by atoms with Gasteiger partial charge in [-0.15, -0.1) is 0 Å². The molecule has 1 atom stereocenters. The predicted octanol–water partition coefficient (Wildman–Crippen LogP) is 1.28. The minimum absolute atomic E-state index is 0.140. The van der Waals surface area contributed by atoms with Crippen molar-refractivity contribution in [2.45, 2.75) is 31.8 Å². The molecule has 2 saturated heterocycles. The summed E-state index contributed by atoms with van der Waals surface area (Å²) in [5.74, 6) is 4.61. The summed E-state index contributed by atoms with van der Waals surface area (Å²) < 4.78 is 0. The van der Waals surface area contributed by atoms with Crippen LogP contribution >= 0.6 is 0 Å². The van der Waals surface area contributed by atoms with Crippen molar-refractivity contribution in [3.63, 3.8) is 0 Å². The number of hydrogen-bond donors (Lipinski definition) is 2. The number of carbonyl (C=O) groups is 4. The molecule has 0 aromatic heterocycles. The van der Waals surface area contributed by atoms with Gasteiger partial charge in [-0.2, -0.15) is 0 Å². The van der Waals surface area contributed by atoms with E-state index in [1.807, 2.05) is 24.1 Å². The monoisotopic (exact) mass is 544 g/mol. The van der Waals surface area contributed by atoms with Crippen LogP contribution in [0.4, 0.5) is 0 Å². The molecule has 2 aliphatic heterocycles. The average molecular weight is 545 g/mol. The quantitative estimate of drug-likeness (QED) is 0.402. The number of likely N-dealkylation sites (tertiary alicyclic amines) is 2. The summed E-state index contributed by atoms with van der Waals surface area (Å²) in [6.45, 7) is 2.74. The molecule has 9 heteroatoms. The van der Waals surface area contributed by atoms with Crippen LogP contribution in [-0.2, 0) is 20.9 Å². The zero-order valence-corrected chi connectivity index (χ0v) is 23.3. The van der Waals surface area contributed by atoms with E-state index in [1.165, 1.54) is 19.7 Å². The number of aliphatic hydroxyl groups is 1. The third-order valence-corrected chi connectivity index (χ3v) is 8.05. The number of aliphatic hydroxyl groups excluding tert-OH is 1. The molecular formula is C31H36N4O5. The van der Waals surface area contributed by atoms with Crippen LogP contribution in [0, 0.1) is 17.3 Å². The van der Waals surface area contributed by atoms with Crippen LogP contribution in [0.3, 0.4) is 0 Å². The Morgan fingerprint density at radius 1 is 0.975 bits per heavy atom. The van der Waals surface area contributed by atoms with Crippen LogP contribution in [0.1, 0.15) is 46.3 Å². The first-order valence-electron chi connectivity index (χ1n) is 13.5. The molecule has 2 fully saturated rings. The van der Waals surface area contributed by atoms with Gasteiger partial charge < -0.3 is 20.2 Å². The Bertz CT molecular complexity index is 1300. The number of hydrogen-bond acceptors (Lipinski definition) is 6. The van der Waals surface area contributed by atoms with Crippen molar-refractivity contribution in [2.24, 2.45) is 5.41 Å². The topological polar surface area (TPSA) is 110 Å². The maximum Gasteiger partial charge on any atom is 0.254 e. The Kier molecular flexibility index (Phi) is 9.03. The van der Waals surface area contributed by atoms with Gasteiger partial charge in [-0.3, -0.25) is 24.1 Å². The summed E-state index contributed by atoms with van der Waals surface area (Å²) in [5.41, 5.74) is 2.95. The van der Waals surface area contributed by atoms with Gasteiger partial charge in [0.05, 0.1) is 5.41 Å². The standard InChI is InChI=1S/C31H36N4O5/c1-32-28(38)27(26(37)21-36)34(3)29(39)25-12-10-23(11-13-25)5-4-22-6-8-24(9-7-22)20-35-18-15-31(16-19-35)14-17-33(2)30(31)40/h6-13,27,36H,14-21H2,1-3H3,(H,32,38). The van der Waals surface area contributed by atoms with E-state index in [1.54, 1.807) is 24.3 Å². The van der Waals surface area contributed by atoms with Gasteiger partial charge in [0.25, 0.3) is 5.91 Å². The van der Waals surface area contributed by atoms with E-state index in [-0.39, 0.29) is 5.41 Å². The lowest BCUT2D eigenvalue weighted by molar-refractivity contribution is -0.137. The van der Waals surface area contributed by atoms with Gasteiger partial charge in [-0.1, -0.05) is 24.0 Å². The molecule has 1 spiro atoms. The Balaban J connectivity index is 1.33. The highest BCUT2D eigenvalue weighted by Crippen LogP contribution is 2.41. The smallest absolute Gasteiger partial charge is 0.254 e. The second-order valence-corrected chi connectivity index (χ2v) is 10.6. The second kappa shape index (κ2) is 12.5. The molecular weight excluding hydrogens is 508 g/mol. The van der Waals surface area contributed by atoms with E-state index in [2.05, 4.69) is 34.2 Å². The van der Waals surface area contributed by atoms with Gasteiger partial charge in [-0.25, -0.2) is 0 Å². The maximum atomic E-state index is 12.8. The maximum absolute atomic E-state index is 12.8. The fourth-order valence-electron chi connectivity index (χ4n) is 5.47. The zero-order chi connectivity index (χ0) is 28.9. The lowest BCUT2D eigenvalue weighted by atomic mass is 9.77. The van der Waals surface area contributed by atoms with E-state index in [4.69, 9.17) is 0 Å². The molecule has 0 aliphatic carbocycles. The number of amides is 3. The van der Waals surface area contributed by atoms with Crippen molar-refractivity contribution in [3.05, 3.63) is 70.8 Å². The molecule has 2 aromatic carbocycles.